The molecule has 1 aliphatic rings. The van der Waals surface area contributed by atoms with E-state index in [0.29, 0.717) is 19.7 Å². The Morgan fingerprint density at radius 1 is 1.13 bits per heavy atom. The zero-order valence-electron chi connectivity index (χ0n) is 13.4. The summed E-state index contributed by atoms with van der Waals surface area (Å²) in [5.41, 5.74) is 4.94. The summed E-state index contributed by atoms with van der Waals surface area (Å²) in [6.45, 7) is 7.10. The molecule has 0 aromatic heterocycles. The number of hydrogen-bond acceptors (Lipinski definition) is 2. The van der Waals surface area contributed by atoms with Crippen LogP contribution < -0.4 is 0 Å². The number of hydrogen-bond donors (Lipinski definition) is 0. The average molecular weight is 307 g/mol. The Morgan fingerprint density at radius 2 is 1.70 bits per heavy atom. The topological polar surface area (TPSA) is 29.5 Å². The molecule has 0 aliphatic heterocycles. The third-order valence-corrected chi connectivity index (χ3v) is 4.33. The third-order valence-electron chi connectivity index (χ3n) is 4.33. The van der Waals surface area contributed by atoms with E-state index in [9.17, 15) is 4.79 Å². The minimum Gasteiger partial charge on any atom is -0.448 e. The van der Waals surface area contributed by atoms with Gasteiger partial charge in [0.25, 0.3) is 0 Å². The molecule has 3 heteroatoms. The molecule has 0 unspecified atom stereocenters. The Morgan fingerprint density at radius 3 is 2.22 bits per heavy atom. The first-order valence-corrected chi connectivity index (χ1v) is 7.97. The first kappa shape index (κ1) is 15.3. The van der Waals surface area contributed by atoms with Gasteiger partial charge in [0.05, 0.1) is 0 Å². The fraction of sp³-hybridized carbons (Fsp3) is 0.250. The van der Waals surface area contributed by atoms with Crippen LogP contribution in [0, 0.1) is 0 Å². The standard InChI is InChI=1S/C20H21NO2/c1-3-13-21(4-2)20(22)23-14-19-17-11-7-5-9-15(17)16-10-6-8-12-18(16)19/h3,5-12,19H,1,4,13-14H2,2H3. The first-order valence-electron chi connectivity index (χ1n) is 7.97. The lowest BCUT2D eigenvalue weighted by atomic mass is 9.98. The quantitative estimate of drug-likeness (QED) is 0.764. The number of rotatable bonds is 5. The van der Waals surface area contributed by atoms with Gasteiger partial charge in [0.2, 0.25) is 0 Å². The zero-order chi connectivity index (χ0) is 16.2. The molecule has 3 rings (SSSR count). The SMILES string of the molecule is C=CCN(CC)C(=O)OCC1c2ccccc2-c2ccccc21. The maximum atomic E-state index is 12.2. The number of fused-ring (bicyclic) bond motifs is 3. The zero-order valence-corrected chi connectivity index (χ0v) is 13.4. The van der Waals surface area contributed by atoms with Crippen molar-refractivity contribution in [2.24, 2.45) is 0 Å². The Kier molecular flexibility index (Phi) is 4.47. The van der Waals surface area contributed by atoms with Crippen LogP contribution in [0.15, 0.2) is 61.2 Å². The number of carbonyl (C=O) groups is 1. The van der Waals surface area contributed by atoms with E-state index in [-0.39, 0.29) is 12.0 Å². The molecule has 3 nitrogen and oxygen atoms in total. The highest BCUT2D eigenvalue weighted by Gasteiger charge is 2.29. The van der Waals surface area contributed by atoms with Crippen LogP contribution in [-0.2, 0) is 4.74 Å². The van der Waals surface area contributed by atoms with E-state index in [1.54, 1.807) is 11.0 Å². The summed E-state index contributed by atoms with van der Waals surface area (Å²) in [5.74, 6) is 0.105. The van der Waals surface area contributed by atoms with Gasteiger partial charge in [-0.3, -0.25) is 0 Å². The van der Waals surface area contributed by atoms with Crippen molar-refractivity contribution in [2.75, 3.05) is 19.7 Å². The van der Waals surface area contributed by atoms with E-state index in [2.05, 4.69) is 30.8 Å². The van der Waals surface area contributed by atoms with Crippen molar-refractivity contribution in [1.82, 2.24) is 4.90 Å². The molecule has 0 saturated heterocycles. The van der Waals surface area contributed by atoms with Gasteiger partial charge in [0, 0.05) is 19.0 Å². The lowest BCUT2D eigenvalue weighted by molar-refractivity contribution is 0.105. The van der Waals surface area contributed by atoms with Gasteiger partial charge in [-0.15, -0.1) is 6.58 Å². The molecule has 118 valence electrons. The lowest BCUT2D eigenvalue weighted by Crippen LogP contribution is -2.32. The number of likely N-dealkylation sites (N-methyl/N-ethyl adjacent to an activating group) is 1. The second-order valence-corrected chi connectivity index (χ2v) is 5.63. The van der Waals surface area contributed by atoms with Gasteiger partial charge in [0.1, 0.15) is 6.61 Å². The lowest BCUT2D eigenvalue weighted by Gasteiger charge is -2.20. The van der Waals surface area contributed by atoms with Gasteiger partial charge in [-0.1, -0.05) is 54.6 Å². The van der Waals surface area contributed by atoms with Gasteiger partial charge in [0.15, 0.2) is 0 Å². The molecule has 0 N–H and O–H groups in total. The van der Waals surface area contributed by atoms with Gasteiger partial charge < -0.3 is 9.64 Å². The molecule has 0 bridgehead atoms. The molecule has 0 atom stereocenters. The second-order valence-electron chi connectivity index (χ2n) is 5.63. The highest BCUT2D eigenvalue weighted by Crippen LogP contribution is 2.44. The summed E-state index contributed by atoms with van der Waals surface area (Å²) in [7, 11) is 0. The molecule has 2 aromatic carbocycles. The van der Waals surface area contributed by atoms with Gasteiger partial charge in [-0.05, 0) is 29.2 Å². The van der Waals surface area contributed by atoms with Crippen LogP contribution in [0.1, 0.15) is 24.0 Å². The Balaban J connectivity index is 1.81. The van der Waals surface area contributed by atoms with E-state index in [4.69, 9.17) is 4.74 Å². The molecular formula is C20H21NO2. The van der Waals surface area contributed by atoms with Gasteiger partial charge >= 0.3 is 6.09 Å². The fourth-order valence-electron chi connectivity index (χ4n) is 3.17. The highest BCUT2D eigenvalue weighted by molar-refractivity contribution is 5.79. The predicted octanol–water partition coefficient (Wildman–Crippen LogP) is 4.44. The molecule has 1 aliphatic carbocycles. The van der Waals surface area contributed by atoms with E-state index in [1.165, 1.54) is 22.3 Å². The van der Waals surface area contributed by atoms with E-state index < -0.39 is 0 Å². The average Bonchev–Trinajstić information content (AvgIpc) is 2.91. The maximum Gasteiger partial charge on any atom is 0.410 e. The molecule has 0 heterocycles. The van der Waals surface area contributed by atoms with Crippen LogP contribution in [0.2, 0.25) is 0 Å². The molecular weight excluding hydrogens is 286 g/mol. The van der Waals surface area contributed by atoms with E-state index >= 15 is 0 Å². The van der Waals surface area contributed by atoms with E-state index in [0.717, 1.165) is 0 Å². The van der Waals surface area contributed by atoms with Gasteiger partial charge in [-0.25, -0.2) is 4.79 Å². The van der Waals surface area contributed by atoms with Crippen molar-refractivity contribution in [3.05, 3.63) is 72.3 Å². The Labute approximate surface area is 137 Å². The number of benzene rings is 2. The number of amides is 1. The normalized spacial score (nSPS) is 12.4. The van der Waals surface area contributed by atoms with E-state index in [1.807, 2.05) is 31.2 Å². The predicted molar refractivity (Wildman–Crippen MR) is 92.5 cm³/mol. The van der Waals surface area contributed by atoms with Crippen LogP contribution in [0.5, 0.6) is 0 Å². The number of ether oxygens (including phenoxy) is 1. The summed E-state index contributed by atoms with van der Waals surface area (Å²) in [6.07, 6.45) is 1.43. The molecule has 0 fully saturated rings. The van der Waals surface area contributed by atoms with Crippen LogP contribution in [-0.4, -0.2) is 30.7 Å². The molecule has 23 heavy (non-hydrogen) atoms. The third kappa shape index (κ3) is 2.87. The van der Waals surface area contributed by atoms with Crippen molar-refractivity contribution < 1.29 is 9.53 Å². The van der Waals surface area contributed by atoms with Crippen LogP contribution in [0.25, 0.3) is 11.1 Å². The van der Waals surface area contributed by atoms with Crippen LogP contribution in [0.4, 0.5) is 4.79 Å². The van der Waals surface area contributed by atoms with Crippen molar-refractivity contribution >= 4 is 6.09 Å². The monoisotopic (exact) mass is 307 g/mol. The summed E-state index contributed by atoms with van der Waals surface area (Å²) < 4.78 is 5.58. The van der Waals surface area contributed by atoms with Gasteiger partial charge in [-0.2, -0.15) is 0 Å². The largest absolute Gasteiger partial charge is 0.448 e. The number of nitrogens with zero attached hydrogens (tertiary/aromatic N) is 1. The molecule has 0 saturated carbocycles. The molecule has 0 spiro atoms. The Hall–Kier alpha value is -2.55. The van der Waals surface area contributed by atoms with Crippen molar-refractivity contribution in [3.63, 3.8) is 0 Å². The fourth-order valence-corrected chi connectivity index (χ4v) is 3.17. The number of carbonyl (C=O) groups excluding carboxylic acids is 1. The summed E-state index contributed by atoms with van der Waals surface area (Å²) >= 11 is 0. The smallest absolute Gasteiger partial charge is 0.410 e. The highest BCUT2D eigenvalue weighted by atomic mass is 16.6. The minimum absolute atomic E-state index is 0.105. The Bertz CT molecular complexity index is 678. The maximum absolute atomic E-state index is 12.2. The summed E-state index contributed by atoms with van der Waals surface area (Å²) in [4.78, 5) is 13.8. The van der Waals surface area contributed by atoms with Crippen molar-refractivity contribution in [1.29, 1.82) is 0 Å². The van der Waals surface area contributed by atoms with Crippen LogP contribution >= 0.6 is 0 Å². The molecule has 1 amide bonds. The second kappa shape index (κ2) is 6.69. The first-order chi connectivity index (χ1) is 11.3. The molecule has 0 radical (unpaired) electrons. The summed E-state index contributed by atoms with van der Waals surface area (Å²) in [5, 5.41) is 0. The minimum atomic E-state index is -0.283. The van der Waals surface area contributed by atoms with Crippen molar-refractivity contribution in [2.45, 2.75) is 12.8 Å². The van der Waals surface area contributed by atoms with Crippen LogP contribution in [0.3, 0.4) is 0 Å². The summed E-state index contributed by atoms with van der Waals surface area (Å²) in [6, 6.07) is 16.7. The molecule has 2 aromatic rings. The van der Waals surface area contributed by atoms with Crippen molar-refractivity contribution in [3.8, 4) is 11.1 Å².